The molecule has 3 N–H and O–H groups in total. The lowest BCUT2D eigenvalue weighted by Crippen LogP contribution is -2.18. The van der Waals surface area contributed by atoms with E-state index in [2.05, 4.69) is 5.32 Å². The van der Waals surface area contributed by atoms with Gasteiger partial charge in [0.25, 0.3) is 5.91 Å². The Morgan fingerprint density at radius 1 is 1.24 bits per heavy atom. The molecule has 0 fully saturated rings. The highest BCUT2D eigenvalue weighted by molar-refractivity contribution is 7.80. The van der Waals surface area contributed by atoms with Gasteiger partial charge in [-0.05, 0) is 36.4 Å². The molecule has 4 nitrogen and oxygen atoms in total. The predicted molar refractivity (Wildman–Crippen MR) is 88.3 cm³/mol. The molecular formula is C15H13ClN2O2S. The standard InChI is InChI=1S/C15H13ClN2O2S/c1-20-12-4-2-3-11(14(17)21)13(12)18-15(19)9-5-7-10(16)8-6-9/h2-8H,1H3,(H2,17,21)(H,18,19). The Morgan fingerprint density at radius 2 is 1.90 bits per heavy atom. The molecule has 2 aromatic rings. The molecule has 0 atom stereocenters. The molecule has 2 aromatic carbocycles. The number of rotatable bonds is 4. The summed E-state index contributed by atoms with van der Waals surface area (Å²) in [6.07, 6.45) is 0. The van der Waals surface area contributed by atoms with Crippen LogP contribution in [0.3, 0.4) is 0 Å². The lowest BCUT2D eigenvalue weighted by molar-refractivity contribution is 0.102. The van der Waals surface area contributed by atoms with Crippen LogP contribution in [0.1, 0.15) is 15.9 Å². The van der Waals surface area contributed by atoms with Crippen molar-refractivity contribution in [2.45, 2.75) is 0 Å². The monoisotopic (exact) mass is 320 g/mol. The van der Waals surface area contributed by atoms with E-state index < -0.39 is 0 Å². The van der Waals surface area contributed by atoms with E-state index in [0.29, 0.717) is 27.6 Å². The number of nitrogens with one attached hydrogen (secondary N) is 1. The number of halogens is 1. The van der Waals surface area contributed by atoms with Gasteiger partial charge in [0, 0.05) is 16.1 Å². The zero-order valence-corrected chi connectivity index (χ0v) is 12.8. The van der Waals surface area contributed by atoms with E-state index in [1.54, 1.807) is 42.5 Å². The fourth-order valence-electron chi connectivity index (χ4n) is 1.82. The number of carbonyl (C=O) groups is 1. The van der Waals surface area contributed by atoms with Gasteiger partial charge in [-0.2, -0.15) is 0 Å². The summed E-state index contributed by atoms with van der Waals surface area (Å²) in [7, 11) is 1.51. The number of methoxy groups -OCH3 is 1. The van der Waals surface area contributed by atoms with Crippen molar-refractivity contribution in [2.75, 3.05) is 12.4 Å². The highest BCUT2D eigenvalue weighted by Gasteiger charge is 2.15. The maximum absolute atomic E-state index is 12.3. The molecule has 0 saturated carbocycles. The van der Waals surface area contributed by atoms with Crippen molar-refractivity contribution in [3.8, 4) is 5.75 Å². The normalized spacial score (nSPS) is 10.0. The van der Waals surface area contributed by atoms with Crippen LogP contribution < -0.4 is 15.8 Å². The summed E-state index contributed by atoms with van der Waals surface area (Å²) in [6, 6.07) is 11.8. The van der Waals surface area contributed by atoms with Crippen LogP contribution in [0.2, 0.25) is 5.02 Å². The van der Waals surface area contributed by atoms with Crippen molar-refractivity contribution in [3.63, 3.8) is 0 Å². The Labute approximate surface area is 132 Å². The Morgan fingerprint density at radius 3 is 2.48 bits per heavy atom. The van der Waals surface area contributed by atoms with Gasteiger partial charge in [0.1, 0.15) is 10.7 Å². The number of thiocarbonyl (C=S) groups is 1. The van der Waals surface area contributed by atoms with Crippen LogP contribution in [0.15, 0.2) is 42.5 Å². The van der Waals surface area contributed by atoms with Crippen molar-refractivity contribution in [2.24, 2.45) is 5.73 Å². The van der Waals surface area contributed by atoms with Crippen LogP contribution in [0.5, 0.6) is 5.75 Å². The summed E-state index contributed by atoms with van der Waals surface area (Å²) in [5, 5.41) is 3.34. The van der Waals surface area contributed by atoms with Crippen molar-refractivity contribution >= 4 is 40.4 Å². The van der Waals surface area contributed by atoms with Gasteiger partial charge >= 0.3 is 0 Å². The lowest BCUT2D eigenvalue weighted by Gasteiger charge is -2.14. The van der Waals surface area contributed by atoms with Gasteiger partial charge in [-0.3, -0.25) is 4.79 Å². The molecule has 0 bridgehead atoms. The summed E-state index contributed by atoms with van der Waals surface area (Å²) >= 11 is 10.8. The third kappa shape index (κ3) is 3.51. The Kier molecular flexibility index (Phi) is 4.77. The van der Waals surface area contributed by atoms with E-state index in [1.165, 1.54) is 7.11 Å². The maximum Gasteiger partial charge on any atom is 0.255 e. The van der Waals surface area contributed by atoms with Crippen molar-refractivity contribution in [1.82, 2.24) is 0 Å². The lowest BCUT2D eigenvalue weighted by atomic mass is 10.1. The van der Waals surface area contributed by atoms with Crippen molar-refractivity contribution in [1.29, 1.82) is 0 Å². The first kappa shape index (κ1) is 15.3. The first-order valence-electron chi connectivity index (χ1n) is 6.06. The Hall–Kier alpha value is -2.11. The third-order valence-corrected chi connectivity index (χ3v) is 3.33. The van der Waals surface area contributed by atoms with Crippen LogP contribution in [-0.4, -0.2) is 18.0 Å². The highest BCUT2D eigenvalue weighted by atomic mass is 35.5. The molecule has 6 heteroatoms. The molecule has 0 saturated heterocycles. The zero-order chi connectivity index (χ0) is 15.4. The van der Waals surface area contributed by atoms with E-state index in [9.17, 15) is 4.79 Å². The smallest absolute Gasteiger partial charge is 0.255 e. The minimum absolute atomic E-state index is 0.181. The van der Waals surface area contributed by atoms with E-state index in [-0.39, 0.29) is 10.9 Å². The number of para-hydroxylation sites is 1. The number of anilines is 1. The largest absolute Gasteiger partial charge is 0.495 e. The fraction of sp³-hybridized carbons (Fsp3) is 0.0667. The van der Waals surface area contributed by atoms with Gasteiger partial charge in [0.2, 0.25) is 0 Å². The number of benzene rings is 2. The summed E-state index contributed by atoms with van der Waals surface area (Å²) in [4.78, 5) is 12.5. The minimum atomic E-state index is -0.298. The van der Waals surface area contributed by atoms with Crippen LogP contribution in [0, 0.1) is 0 Å². The van der Waals surface area contributed by atoms with Crippen LogP contribution in [0.4, 0.5) is 5.69 Å². The highest BCUT2D eigenvalue weighted by Crippen LogP contribution is 2.29. The van der Waals surface area contributed by atoms with Gasteiger partial charge in [0.05, 0.1) is 12.8 Å². The van der Waals surface area contributed by atoms with Gasteiger partial charge in [-0.15, -0.1) is 0 Å². The molecule has 108 valence electrons. The molecule has 0 aliphatic rings. The summed E-state index contributed by atoms with van der Waals surface area (Å²) < 4.78 is 5.24. The molecule has 0 spiro atoms. The van der Waals surface area contributed by atoms with E-state index >= 15 is 0 Å². The maximum atomic E-state index is 12.3. The number of nitrogens with two attached hydrogens (primary N) is 1. The second-order valence-electron chi connectivity index (χ2n) is 4.21. The molecular weight excluding hydrogens is 308 g/mol. The molecule has 2 rings (SSSR count). The minimum Gasteiger partial charge on any atom is -0.495 e. The van der Waals surface area contributed by atoms with Gasteiger partial charge in [-0.25, -0.2) is 0 Å². The van der Waals surface area contributed by atoms with Gasteiger partial charge in [-0.1, -0.05) is 29.9 Å². The molecule has 0 aliphatic heterocycles. The van der Waals surface area contributed by atoms with Crippen LogP contribution in [-0.2, 0) is 0 Å². The summed E-state index contributed by atoms with van der Waals surface area (Å²) in [5.41, 5.74) is 7.15. The molecule has 0 unspecified atom stereocenters. The Bertz CT molecular complexity index is 687. The van der Waals surface area contributed by atoms with Crippen LogP contribution in [0.25, 0.3) is 0 Å². The second kappa shape index (κ2) is 6.56. The third-order valence-electron chi connectivity index (χ3n) is 2.86. The van der Waals surface area contributed by atoms with Gasteiger partial charge in [0.15, 0.2) is 0 Å². The van der Waals surface area contributed by atoms with Crippen molar-refractivity contribution in [3.05, 3.63) is 58.6 Å². The Balaban J connectivity index is 2.36. The quantitative estimate of drug-likeness (QED) is 0.849. The first-order chi connectivity index (χ1) is 10.0. The van der Waals surface area contributed by atoms with E-state index in [1.807, 2.05) is 0 Å². The van der Waals surface area contributed by atoms with E-state index in [0.717, 1.165) is 0 Å². The molecule has 0 heterocycles. The van der Waals surface area contributed by atoms with Crippen molar-refractivity contribution < 1.29 is 9.53 Å². The van der Waals surface area contributed by atoms with E-state index in [4.69, 9.17) is 34.3 Å². The predicted octanol–water partition coefficient (Wildman–Crippen LogP) is 3.24. The SMILES string of the molecule is COc1cccc(C(N)=S)c1NC(=O)c1ccc(Cl)cc1. The molecule has 0 radical (unpaired) electrons. The average Bonchev–Trinajstić information content (AvgIpc) is 2.47. The fourth-order valence-corrected chi connectivity index (χ4v) is 2.12. The molecule has 0 aromatic heterocycles. The molecule has 0 aliphatic carbocycles. The number of hydrogen-bond acceptors (Lipinski definition) is 3. The topological polar surface area (TPSA) is 64.3 Å². The number of amides is 1. The van der Waals surface area contributed by atoms with Crippen LogP contribution >= 0.6 is 23.8 Å². The first-order valence-corrected chi connectivity index (χ1v) is 6.85. The molecule has 1 amide bonds. The molecule has 21 heavy (non-hydrogen) atoms. The number of ether oxygens (including phenoxy) is 1. The summed E-state index contributed by atoms with van der Waals surface area (Å²) in [6.45, 7) is 0. The second-order valence-corrected chi connectivity index (χ2v) is 5.08. The van der Waals surface area contributed by atoms with Gasteiger partial charge < -0.3 is 15.8 Å². The number of hydrogen-bond donors (Lipinski definition) is 2. The number of carbonyl (C=O) groups excluding carboxylic acids is 1. The summed E-state index contributed by atoms with van der Waals surface area (Å²) in [5.74, 6) is 0.191. The average molecular weight is 321 g/mol. The zero-order valence-electron chi connectivity index (χ0n) is 11.2.